The molecule has 0 unspecified atom stereocenters. The number of sulfonamides is 1. The molecule has 0 aromatic heterocycles. The number of aliphatic imine (C=N–C) groups is 1. The van der Waals surface area contributed by atoms with Crippen LogP contribution >= 0.6 is 0 Å². The number of carbonyl (C=O) groups excluding carboxylic acids is 1. The Balaban J connectivity index is 1.69. The zero-order valence-electron chi connectivity index (χ0n) is 24.2. The second-order valence-electron chi connectivity index (χ2n) is 11.8. The first-order valence-electron chi connectivity index (χ1n) is 13.6. The maximum absolute atomic E-state index is 13.9. The molecule has 0 spiro atoms. The molecule has 1 aliphatic rings. The van der Waals surface area contributed by atoms with Crippen LogP contribution in [0.25, 0.3) is 11.1 Å². The molecule has 1 amide bonds. The van der Waals surface area contributed by atoms with Crippen molar-refractivity contribution in [1.29, 1.82) is 0 Å². The highest BCUT2D eigenvalue weighted by atomic mass is 32.2. The third-order valence-electron chi connectivity index (χ3n) is 6.47. The fourth-order valence-corrected chi connectivity index (χ4v) is 5.94. The fourth-order valence-electron chi connectivity index (χ4n) is 4.52. The van der Waals surface area contributed by atoms with E-state index in [1.165, 1.54) is 18.2 Å². The first-order valence-corrected chi connectivity index (χ1v) is 15.1. The Bertz CT molecular complexity index is 1610. The van der Waals surface area contributed by atoms with Gasteiger partial charge in [-0.2, -0.15) is 13.2 Å². The zero-order valence-corrected chi connectivity index (χ0v) is 25.0. The lowest BCUT2D eigenvalue weighted by molar-refractivity contribution is -0.137. The van der Waals surface area contributed by atoms with Crippen molar-refractivity contribution >= 4 is 38.7 Å². The van der Waals surface area contributed by atoms with Crippen molar-refractivity contribution in [3.8, 4) is 11.1 Å². The Morgan fingerprint density at radius 1 is 0.952 bits per heavy atom. The van der Waals surface area contributed by atoms with Crippen molar-refractivity contribution in [3.63, 3.8) is 0 Å². The summed E-state index contributed by atoms with van der Waals surface area (Å²) in [6, 6.07) is 15.9. The van der Waals surface area contributed by atoms with E-state index in [0.717, 1.165) is 17.2 Å². The van der Waals surface area contributed by atoms with Crippen molar-refractivity contribution < 1.29 is 26.4 Å². The monoisotopic (exact) mass is 600 g/mol. The molecule has 0 saturated carbocycles. The van der Waals surface area contributed by atoms with E-state index in [1.54, 1.807) is 45.0 Å². The van der Waals surface area contributed by atoms with Crippen molar-refractivity contribution in [2.75, 3.05) is 17.2 Å². The highest BCUT2D eigenvalue weighted by Crippen LogP contribution is 2.42. The number of hydrogen-bond donors (Lipinski definition) is 3. The van der Waals surface area contributed by atoms with Crippen molar-refractivity contribution in [1.82, 2.24) is 4.72 Å². The molecule has 3 aromatic carbocycles. The first kappa shape index (κ1) is 31.2. The number of carbonyl (C=O) groups is 1. The number of nitrogens with zero attached hydrogens (tertiary/aromatic N) is 1. The molecule has 1 aliphatic heterocycles. The van der Waals surface area contributed by atoms with Gasteiger partial charge in [0.15, 0.2) is 0 Å². The minimum absolute atomic E-state index is 0.00597. The van der Waals surface area contributed by atoms with Crippen molar-refractivity contribution in [2.45, 2.75) is 64.1 Å². The van der Waals surface area contributed by atoms with E-state index in [0.29, 0.717) is 30.2 Å². The SMILES string of the molecule is CC(C)CCNc1cc2c(cc1C(F)(F)F)NC(=O)CC(c1cccc(-c3ccc(S(=O)(=O)NC(C)(C)C)cc3)c1)=N2. The molecule has 4 rings (SSSR count). The molecular weight excluding hydrogens is 565 g/mol. The summed E-state index contributed by atoms with van der Waals surface area (Å²) in [7, 11) is -3.70. The maximum Gasteiger partial charge on any atom is 0.418 e. The Labute approximate surface area is 244 Å². The van der Waals surface area contributed by atoms with Gasteiger partial charge in [0, 0.05) is 17.8 Å². The van der Waals surface area contributed by atoms with E-state index in [2.05, 4.69) is 20.3 Å². The second kappa shape index (κ2) is 11.9. The molecule has 3 aromatic rings. The number of anilines is 2. The van der Waals surface area contributed by atoms with Gasteiger partial charge >= 0.3 is 6.18 Å². The van der Waals surface area contributed by atoms with Crippen LogP contribution in [0.5, 0.6) is 0 Å². The van der Waals surface area contributed by atoms with Crippen LogP contribution in [0.2, 0.25) is 0 Å². The van der Waals surface area contributed by atoms with Crippen molar-refractivity contribution in [2.24, 2.45) is 10.9 Å². The van der Waals surface area contributed by atoms with Gasteiger partial charge in [-0.15, -0.1) is 0 Å². The molecule has 42 heavy (non-hydrogen) atoms. The molecule has 224 valence electrons. The fraction of sp³-hybridized carbons (Fsp3) is 0.355. The van der Waals surface area contributed by atoms with Gasteiger partial charge in [0.1, 0.15) is 0 Å². The van der Waals surface area contributed by atoms with Gasteiger partial charge in [-0.05, 0) is 80.1 Å². The van der Waals surface area contributed by atoms with E-state index in [-0.39, 0.29) is 28.4 Å². The molecule has 11 heteroatoms. The van der Waals surface area contributed by atoms with E-state index >= 15 is 0 Å². The van der Waals surface area contributed by atoms with E-state index in [4.69, 9.17) is 0 Å². The predicted molar refractivity (Wildman–Crippen MR) is 161 cm³/mol. The van der Waals surface area contributed by atoms with Crippen LogP contribution in [0.1, 0.15) is 58.6 Å². The summed E-state index contributed by atoms with van der Waals surface area (Å²) in [4.78, 5) is 17.5. The van der Waals surface area contributed by atoms with Gasteiger partial charge in [0.25, 0.3) is 0 Å². The van der Waals surface area contributed by atoms with Crippen molar-refractivity contribution in [3.05, 3.63) is 71.8 Å². The number of hydrogen-bond acceptors (Lipinski definition) is 5. The average molecular weight is 601 g/mol. The van der Waals surface area contributed by atoms with Gasteiger partial charge in [-0.3, -0.25) is 9.79 Å². The molecule has 1 heterocycles. The molecule has 0 radical (unpaired) electrons. The topological polar surface area (TPSA) is 99.7 Å². The lowest BCUT2D eigenvalue weighted by Crippen LogP contribution is -2.40. The number of benzene rings is 3. The minimum Gasteiger partial charge on any atom is -0.384 e. The summed E-state index contributed by atoms with van der Waals surface area (Å²) in [5, 5.41) is 5.47. The molecule has 0 fully saturated rings. The van der Waals surface area contributed by atoms with Crippen LogP contribution in [0.3, 0.4) is 0 Å². The second-order valence-corrected chi connectivity index (χ2v) is 13.4. The van der Waals surface area contributed by atoms with Gasteiger partial charge < -0.3 is 10.6 Å². The summed E-state index contributed by atoms with van der Waals surface area (Å²) in [6.45, 7) is 9.63. The quantitative estimate of drug-likeness (QED) is 0.251. The molecule has 3 N–H and O–H groups in total. The van der Waals surface area contributed by atoms with Crippen LogP contribution in [-0.4, -0.2) is 32.1 Å². The number of nitrogens with one attached hydrogen (secondary N) is 3. The predicted octanol–water partition coefficient (Wildman–Crippen LogP) is 7.37. The average Bonchev–Trinajstić information content (AvgIpc) is 3.04. The summed E-state index contributed by atoms with van der Waals surface area (Å²) in [5.41, 5.74) is 1.16. The molecule has 0 aliphatic carbocycles. The zero-order chi connectivity index (χ0) is 30.9. The van der Waals surface area contributed by atoms with Gasteiger partial charge in [-0.1, -0.05) is 44.2 Å². The standard InChI is InChI=1S/C31H35F3N4O3S/c1-19(2)13-14-35-26-17-28-27(16-24(26)31(32,33)34)37-29(39)18-25(36-28)22-8-6-7-21(15-22)20-9-11-23(12-10-20)42(40,41)38-30(3,4)5/h6-12,15-17,19,35,38H,13-14,18H2,1-5H3,(H,37,39). The Morgan fingerprint density at radius 2 is 1.62 bits per heavy atom. The van der Waals surface area contributed by atoms with Crippen LogP contribution < -0.4 is 15.4 Å². The summed E-state index contributed by atoms with van der Waals surface area (Å²) in [6.07, 6.45) is -4.07. The Hall–Kier alpha value is -3.70. The van der Waals surface area contributed by atoms with Crippen LogP contribution in [-0.2, 0) is 21.0 Å². The van der Waals surface area contributed by atoms with Crippen LogP contribution in [0, 0.1) is 5.92 Å². The third-order valence-corrected chi connectivity index (χ3v) is 8.24. The number of alkyl halides is 3. The summed E-state index contributed by atoms with van der Waals surface area (Å²) >= 11 is 0. The maximum atomic E-state index is 13.9. The number of halogens is 3. The lowest BCUT2D eigenvalue weighted by Gasteiger charge is -2.20. The van der Waals surface area contributed by atoms with Gasteiger partial charge in [0.2, 0.25) is 15.9 Å². The highest BCUT2D eigenvalue weighted by molar-refractivity contribution is 7.89. The largest absolute Gasteiger partial charge is 0.418 e. The number of amides is 1. The van der Waals surface area contributed by atoms with Crippen LogP contribution in [0.4, 0.5) is 30.2 Å². The summed E-state index contributed by atoms with van der Waals surface area (Å²) < 4.78 is 69.6. The smallest absolute Gasteiger partial charge is 0.384 e. The molecule has 0 atom stereocenters. The van der Waals surface area contributed by atoms with E-state index in [1.807, 2.05) is 26.0 Å². The number of fused-ring (bicyclic) bond motifs is 1. The molecule has 0 bridgehead atoms. The van der Waals surface area contributed by atoms with Gasteiger partial charge in [-0.25, -0.2) is 13.1 Å². The first-order chi connectivity index (χ1) is 19.5. The van der Waals surface area contributed by atoms with E-state index < -0.39 is 33.2 Å². The van der Waals surface area contributed by atoms with Crippen LogP contribution in [0.15, 0.2) is 70.6 Å². The molecular formula is C31H35F3N4O3S. The summed E-state index contributed by atoms with van der Waals surface area (Å²) in [5.74, 6) is -0.169. The van der Waals surface area contributed by atoms with Gasteiger partial charge in [0.05, 0.1) is 34.0 Å². The highest BCUT2D eigenvalue weighted by Gasteiger charge is 2.35. The third kappa shape index (κ3) is 7.77. The molecule has 0 saturated heterocycles. The Morgan fingerprint density at radius 3 is 2.24 bits per heavy atom. The molecule has 7 nitrogen and oxygen atoms in total. The van der Waals surface area contributed by atoms with E-state index in [9.17, 15) is 26.4 Å². The lowest BCUT2D eigenvalue weighted by atomic mass is 9.99. The number of rotatable bonds is 8. The minimum atomic E-state index is -4.62. The Kier molecular flexibility index (Phi) is 8.84. The normalized spacial score (nSPS) is 14.2.